The molecule has 0 aromatic heterocycles. The van der Waals surface area contributed by atoms with E-state index in [2.05, 4.69) is 15.9 Å². The maximum Gasteiger partial charge on any atom is 0.349 e. The van der Waals surface area contributed by atoms with Crippen molar-refractivity contribution in [2.45, 2.75) is 6.92 Å². The number of ether oxygens (including phenoxy) is 2. The van der Waals surface area contributed by atoms with E-state index in [1.807, 2.05) is 19.1 Å². The van der Waals surface area contributed by atoms with Crippen molar-refractivity contribution in [2.24, 2.45) is 0 Å². The molecule has 0 radical (unpaired) electrons. The van der Waals surface area contributed by atoms with E-state index >= 15 is 0 Å². The molecule has 0 saturated heterocycles. The van der Waals surface area contributed by atoms with Crippen molar-refractivity contribution in [2.75, 3.05) is 6.61 Å². The van der Waals surface area contributed by atoms with Gasteiger partial charge in [0, 0.05) is 9.50 Å². The van der Waals surface area contributed by atoms with Gasteiger partial charge in [0.25, 0.3) is 0 Å². The molecule has 2 rings (SSSR count). The Kier molecular flexibility index (Phi) is 5.04. The van der Waals surface area contributed by atoms with E-state index in [4.69, 9.17) is 21.1 Å². The molecule has 0 bridgehead atoms. The monoisotopic (exact) mass is 354 g/mol. The Bertz CT molecular complexity index is 628. The minimum absolute atomic E-state index is 0.154. The number of aryl methyl sites for hydroxylation is 1. The van der Waals surface area contributed by atoms with Gasteiger partial charge in [-0.05, 0) is 48.9 Å². The minimum Gasteiger partial charge on any atom is -0.482 e. The number of esters is 1. The zero-order valence-corrected chi connectivity index (χ0v) is 13.1. The Morgan fingerprint density at radius 2 is 2.05 bits per heavy atom. The Balaban J connectivity index is 1.92. The maximum absolute atomic E-state index is 11.7. The zero-order valence-electron chi connectivity index (χ0n) is 10.7. The zero-order chi connectivity index (χ0) is 14.5. The molecule has 5 heteroatoms. The van der Waals surface area contributed by atoms with Gasteiger partial charge in [-0.15, -0.1) is 0 Å². The summed E-state index contributed by atoms with van der Waals surface area (Å²) in [6.45, 7) is 1.67. The van der Waals surface area contributed by atoms with Crippen LogP contribution in [0.3, 0.4) is 0 Å². The number of carbonyl (C=O) groups is 1. The van der Waals surface area contributed by atoms with Crippen molar-refractivity contribution in [1.82, 2.24) is 0 Å². The van der Waals surface area contributed by atoms with E-state index in [1.165, 1.54) is 0 Å². The van der Waals surface area contributed by atoms with Gasteiger partial charge in [0.15, 0.2) is 6.61 Å². The van der Waals surface area contributed by atoms with Crippen molar-refractivity contribution in [3.8, 4) is 11.5 Å². The molecule has 0 saturated carbocycles. The van der Waals surface area contributed by atoms with E-state index in [0.29, 0.717) is 16.5 Å². The highest BCUT2D eigenvalue weighted by Gasteiger charge is 2.08. The third-order valence-corrected chi connectivity index (χ3v) is 3.24. The summed E-state index contributed by atoms with van der Waals surface area (Å²) in [5.74, 6) is 0.622. The van der Waals surface area contributed by atoms with E-state index in [-0.39, 0.29) is 6.61 Å². The fraction of sp³-hybridized carbons (Fsp3) is 0.133. The highest BCUT2D eigenvalue weighted by atomic mass is 79.9. The van der Waals surface area contributed by atoms with Crippen molar-refractivity contribution in [1.29, 1.82) is 0 Å². The average Bonchev–Trinajstić information content (AvgIpc) is 2.40. The van der Waals surface area contributed by atoms with Gasteiger partial charge in [-0.2, -0.15) is 0 Å². The Labute approximate surface area is 130 Å². The van der Waals surface area contributed by atoms with Crippen LogP contribution in [0.4, 0.5) is 0 Å². The van der Waals surface area contributed by atoms with Crippen LogP contribution < -0.4 is 9.47 Å². The second-order valence-corrected chi connectivity index (χ2v) is 5.48. The second kappa shape index (κ2) is 6.77. The molecule has 2 aromatic carbocycles. The molecule has 2 aromatic rings. The fourth-order valence-corrected chi connectivity index (χ4v) is 2.18. The van der Waals surface area contributed by atoms with Crippen molar-refractivity contribution in [3.63, 3.8) is 0 Å². The van der Waals surface area contributed by atoms with E-state index in [9.17, 15) is 4.79 Å². The predicted molar refractivity (Wildman–Crippen MR) is 81.5 cm³/mol. The Morgan fingerprint density at radius 1 is 1.25 bits per heavy atom. The molecule has 3 nitrogen and oxygen atoms in total. The summed E-state index contributed by atoms with van der Waals surface area (Å²) in [6.07, 6.45) is 0. The number of hydrogen-bond acceptors (Lipinski definition) is 3. The highest BCUT2D eigenvalue weighted by molar-refractivity contribution is 9.10. The summed E-state index contributed by atoms with van der Waals surface area (Å²) in [5, 5.41) is 0.604. The summed E-state index contributed by atoms with van der Waals surface area (Å²) in [4.78, 5) is 11.7. The standard InChI is InChI=1S/C15H12BrClO3/c1-10-7-12(17)5-6-14(10)20-15(18)9-19-13-4-2-3-11(16)8-13/h2-8H,9H2,1H3. The topological polar surface area (TPSA) is 35.5 Å². The summed E-state index contributed by atoms with van der Waals surface area (Å²) >= 11 is 9.17. The summed E-state index contributed by atoms with van der Waals surface area (Å²) in [7, 11) is 0. The molecular weight excluding hydrogens is 344 g/mol. The summed E-state index contributed by atoms with van der Waals surface area (Å²) in [6, 6.07) is 12.3. The van der Waals surface area contributed by atoms with Crippen molar-refractivity contribution >= 4 is 33.5 Å². The van der Waals surface area contributed by atoms with Crippen LogP contribution in [0.5, 0.6) is 11.5 Å². The number of halogens is 2. The van der Waals surface area contributed by atoms with Gasteiger partial charge in [-0.3, -0.25) is 0 Å². The first-order chi connectivity index (χ1) is 9.54. The molecule has 0 amide bonds. The molecular formula is C15H12BrClO3. The molecule has 0 N–H and O–H groups in total. The van der Waals surface area contributed by atoms with Crippen LogP contribution >= 0.6 is 27.5 Å². The van der Waals surface area contributed by atoms with Crippen molar-refractivity contribution in [3.05, 3.63) is 57.5 Å². The molecule has 0 spiro atoms. The first-order valence-electron chi connectivity index (χ1n) is 5.90. The Morgan fingerprint density at radius 3 is 2.75 bits per heavy atom. The normalized spacial score (nSPS) is 10.2. The average molecular weight is 356 g/mol. The smallest absolute Gasteiger partial charge is 0.349 e. The molecule has 0 aliphatic heterocycles. The maximum atomic E-state index is 11.7. The lowest BCUT2D eigenvalue weighted by Gasteiger charge is -2.09. The van der Waals surface area contributed by atoms with Gasteiger partial charge >= 0.3 is 5.97 Å². The van der Waals surface area contributed by atoms with Crippen LogP contribution in [0.1, 0.15) is 5.56 Å². The third-order valence-electron chi connectivity index (χ3n) is 2.51. The first kappa shape index (κ1) is 14.9. The van der Waals surface area contributed by atoms with Crippen molar-refractivity contribution < 1.29 is 14.3 Å². The van der Waals surface area contributed by atoms with Gasteiger partial charge in [-0.1, -0.05) is 33.6 Å². The lowest BCUT2D eigenvalue weighted by atomic mass is 10.2. The van der Waals surface area contributed by atoms with Gasteiger partial charge in [0.1, 0.15) is 11.5 Å². The lowest BCUT2D eigenvalue weighted by Crippen LogP contribution is -2.18. The SMILES string of the molecule is Cc1cc(Cl)ccc1OC(=O)COc1cccc(Br)c1. The quantitative estimate of drug-likeness (QED) is 0.602. The van der Waals surface area contributed by atoms with Gasteiger partial charge in [0.05, 0.1) is 0 Å². The Hall–Kier alpha value is -1.52. The number of carbonyl (C=O) groups excluding carboxylic acids is 1. The molecule has 104 valence electrons. The number of rotatable bonds is 4. The minimum atomic E-state index is -0.463. The first-order valence-corrected chi connectivity index (χ1v) is 7.07. The van der Waals surface area contributed by atoms with E-state index in [1.54, 1.807) is 30.3 Å². The molecule has 0 aliphatic carbocycles. The molecule has 20 heavy (non-hydrogen) atoms. The van der Waals surface area contributed by atoms with Gasteiger partial charge < -0.3 is 9.47 Å². The number of hydrogen-bond donors (Lipinski definition) is 0. The lowest BCUT2D eigenvalue weighted by molar-refractivity contribution is -0.136. The largest absolute Gasteiger partial charge is 0.482 e. The van der Waals surface area contributed by atoms with Gasteiger partial charge in [-0.25, -0.2) is 4.79 Å². The van der Waals surface area contributed by atoms with Crippen LogP contribution in [0.25, 0.3) is 0 Å². The molecule has 0 atom stereocenters. The van der Waals surface area contributed by atoms with E-state index in [0.717, 1.165) is 10.0 Å². The van der Waals surface area contributed by atoms with E-state index < -0.39 is 5.97 Å². The second-order valence-electron chi connectivity index (χ2n) is 4.13. The van der Waals surface area contributed by atoms with Gasteiger partial charge in [0.2, 0.25) is 0 Å². The fourth-order valence-electron chi connectivity index (χ4n) is 1.58. The third kappa shape index (κ3) is 4.25. The van der Waals surface area contributed by atoms with Crippen LogP contribution in [0.15, 0.2) is 46.9 Å². The molecule has 0 heterocycles. The number of benzene rings is 2. The molecule has 0 fully saturated rings. The van der Waals surface area contributed by atoms with Crippen LogP contribution in [-0.4, -0.2) is 12.6 Å². The molecule has 0 unspecified atom stereocenters. The highest BCUT2D eigenvalue weighted by Crippen LogP contribution is 2.22. The van der Waals surface area contributed by atoms with Crippen LogP contribution in [-0.2, 0) is 4.79 Å². The molecule has 0 aliphatic rings. The predicted octanol–water partition coefficient (Wildman–Crippen LogP) is 4.40. The van der Waals surface area contributed by atoms with Crippen LogP contribution in [0, 0.1) is 6.92 Å². The van der Waals surface area contributed by atoms with Crippen LogP contribution in [0.2, 0.25) is 5.02 Å². The summed E-state index contributed by atoms with van der Waals surface area (Å²) in [5.41, 5.74) is 0.799. The summed E-state index contributed by atoms with van der Waals surface area (Å²) < 4.78 is 11.5.